The lowest BCUT2D eigenvalue weighted by Crippen LogP contribution is -2.50. The number of carbonyl (C=O) groups excluding carboxylic acids is 1. The maximum absolute atomic E-state index is 11.7. The smallest absolute Gasteiger partial charge is 0.317 e. The molecular formula is C10H20N4O2. The Labute approximate surface area is 95.6 Å². The van der Waals surface area contributed by atoms with Crippen LogP contribution in [-0.2, 0) is 4.74 Å². The number of nitrogens with zero attached hydrogens (tertiary/aromatic N) is 1. The fraction of sp³-hybridized carbons (Fsp3) is 0.800. The molecule has 16 heavy (non-hydrogen) atoms. The van der Waals surface area contributed by atoms with Crippen LogP contribution in [0.2, 0.25) is 0 Å². The van der Waals surface area contributed by atoms with Gasteiger partial charge in [0.05, 0.1) is 19.0 Å². The van der Waals surface area contributed by atoms with E-state index in [0.29, 0.717) is 32.8 Å². The Bertz CT molecular complexity index is 272. The molecule has 1 fully saturated rings. The van der Waals surface area contributed by atoms with E-state index in [-0.39, 0.29) is 11.9 Å². The van der Waals surface area contributed by atoms with Crippen LogP contribution >= 0.6 is 0 Å². The van der Waals surface area contributed by atoms with E-state index in [9.17, 15) is 4.79 Å². The van der Waals surface area contributed by atoms with Crippen LogP contribution in [0.5, 0.6) is 0 Å². The molecule has 0 bridgehead atoms. The first-order chi connectivity index (χ1) is 7.43. The molecule has 0 spiro atoms. The third kappa shape index (κ3) is 3.37. The van der Waals surface area contributed by atoms with Gasteiger partial charge in [-0.05, 0) is 0 Å². The van der Waals surface area contributed by atoms with Crippen LogP contribution in [0.1, 0.15) is 13.8 Å². The van der Waals surface area contributed by atoms with Crippen molar-refractivity contribution in [2.24, 2.45) is 11.1 Å². The SMILES string of the molecule is CC(C)(CNC(=O)N1CCOCC1)C(=N)N. The Balaban J connectivity index is 2.37. The summed E-state index contributed by atoms with van der Waals surface area (Å²) in [6, 6.07) is -0.113. The molecule has 0 aliphatic carbocycles. The summed E-state index contributed by atoms with van der Waals surface area (Å²) in [7, 11) is 0. The highest BCUT2D eigenvalue weighted by atomic mass is 16.5. The second-order valence-electron chi connectivity index (χ2n) is 4.56. The molecule has 1 aliphatic rings. The number of hydrogen-bond donors (Lipinski definition) is 3. The summed E-state index contributed by atoms with van der Waals surface area (Å²) in [5, 5.41) is 10.2. The van der Waals surface area contributed by atoms with Crippen molar-refractivity contribution in [3.63, 3.8) is 0 Å². The van der Waals surface area contributed by atoms with Gasteiger partial charge in [0.25, 0.3) is 0 Å². The van der Waals surface area contributed by atoms with E-state index < -0.39 is 5.41 Å². The summed E-state index contributed by atoms with van der Waals surface area (Å²) in [6.07, 6.45) is 0. The van der Waals surface area contributed by atoms with Gasteiger partial charge in [0.15, 0.2) is 0 Å². The van der Waals surface area contributed by atoms with E-state index in [4.69, 9.17) is 15.9 Å². The van der Waals surface area contributed by atoms with Gasteiger partial charge in [0, 0.05) is 25.0 Å². The second-order valence-corrected chi connectivity index (χ2v) is 4.56. The molecule has 6 heteroatoms. The lowest BCUT2D eigenvalue weighted by Gasteiger charge is -2.29. The average molecular weight is 228 g/mol. The number of ether oxygens (including phenoxy) is 1. The first-order valence-corrected chi connectivity index (χ1v) is 5.38. The summed E-state index contributed by atoms with van der Waals surface area (Å²) in [5.74, 6) is 0.0785. The lowest BCUT2D eigenvalue weighted by molar-refractivity contribution is 0.0529. The quantitative estimate of drug-likeness (QED) is 0.468. The van der Waals surface area contributed by atoms with E-state index in [1.54, 1.807) is 4.90 Å². The predicted molar refractivity (Wildman–Crippen MR) is 61.5 cm³/mol. The molecule has 0 aromatic heterocycles. The minimum Gasteiger partial charge on any atom is -0.387 e. The fourth-order valence-corrected chi connectivity index (χ4v) is 1.27. The van der Waals surface area contributed by atoms with Gasteiger partial charge in [0.2, 0.25) is 0 Å². The first kappa shape index (κ1) is 12.8. The zero-order valence-electron chi connectivity index (χ0n) is 9.88. The minimum absolute atomic E-state index is 0.0785. The number of urea groups is 1. The Morgan fingerprint density at radius 1 is 1.50 bits per heavy atom. The topological polar surface area (TPSA) is 91.4 Å². The summed E-state index contributed by atoms with van der Waals surface area (Å²) in [4.78, 5) is 13.4. The van der Waals surface area contributed by atoms with Crippen LogP contribution < -0.4 is 11.1 Å². The van der Waals surface area contributed by atoms with Gasteiger partial charge in [-0.1, -0.05) is 13.8 Å². The number of hydrogen-bond acceptors (Lipinski definition) is 3. The van der Waals surface area contributed by atoms with Crippen molar-refractivity contribution in [3.05, 3.63) is 0 Å². The van der Waals surface area contributed by atoms with Crippen molar-refractivity contribution in [1.29, 1.82) is 5.41 Å². The molecule has 1 saturated heterocycles. The summed E-state index contributed by atoms with van der Waals surface area (Å²) >= 11 is 0. The largest absolute Gasteiger partial charge is 0.387 e. The Hall–Kier alpha value is -1.30. The molecule has 2 amide bonds. The van der Waals surface area contributed by atoms with Crippen LogP contribution in [0.3, 0.4) is 0 Å². The standard InChI is InChI=1S/C10H20N4O2/c1-10(2,8(11)12)7-13-9(15)14-3-5-16-6-4-14/h3-7H2,1-2H3,(H3,11,12)(H,13,15). The number of nitrogens with one attached hydrogen (secondary N) is 2. The van der Waals surface area contributed by atoms with Crippen LogP contribution in [0.25, 0.3) is 0 Å². The number of amides is 2. The van der Waals surface area contributed by atoms with Crippen molar-refractivity contribution in [2.75, 3.05) is 32.8 Å². The van der Waals surface area contributed by atoms with Gasteiger partial charge in [-0.25, -0.2) is 4.79 Å². The molecule has 0 aromatic rings. The highest BCUT2D eigenvalue weighted by molar-refractivity contribution is 5.84. The molecule has 1 aliphatic heterocycles. The third-order valence-electron chi connectivity index (χ3n) is 2.71. The monoisotopic (exact) mass is 228 g/mol. The minimum atomic E-state index is -0.498. The molecule has 6 nitrogen and oxygen atoms in total. The highest BCUT2D eigenvalue weighted by Gasteiger charge is 2.24. The van der Waals surface area contributed by atoms with E-state index in [1.165, 1.54) is 0 Å². The van der Waals surface area contributed by atoms with Crippen molar-refractivity contribution >= 4 is 11.9 Å². The molecule has 92 valence electrons. The van der Waals surface area contributed by atoms with Gasteiger partial charge in [-0.15, -0.1) is 0 Å². The van der Waals surface area contributed by atoms with Crippen molar-refractivity contribution < 1.29 is 9.53 Å². The molecule has 0 radical (unpaired) electrons. The van der Waals surface area contributed by atoms with Gasteiger partial charge >= 0.3 is 6.03 Å². The van der Waals surface area contributed by atoms with Crippen molar-refractivity contribution in [3.8, 4) is 0 Å². The number of amidine groups is 1. The van der Waals surface area contributed by atoms with E-state index in [0.717, 1.165) is 0 Å². The normalized spacial score (nSPS) is 17.0. The summed E-state index contributed by atoms with van der Waals surface area (Å²) in [6.45, 7) is 6.44. The maximum Gasteiger partial charge on any atom is 0.317 e. The number of nitrogens with two attached hydrogens (primary N) is 1. The molecular weight excluding hydrogens is 208 g/mol. The van der Waals surface area contributed by atoms with Gasteiger partial charge in [0.1, 0.15) is 0 Å². The maximum atomic E-state index is 11.7. The Morgan fingerprint density at radius 3 is 2.56 bits per heavy atom. The van der Waals surface area contributed by atoms with E-state index in [2.05, 4.69) is 5.32 Å². The lowest BCUT2D eigenvalue weighted by atomic mass is 9.92. The van der Waals surface area contributed by atoms with Gasteiger partial charge in [-0.3, -0.25) is 5.41 Å². The number of carbonyl (C=O) groups is 1. The van der Waals surface area contributed by atoms with Crippen LogP contribution in [-0.4, -0.2) is 49.6 Å². The van der Waals surface area contributed by atoms with Crippen LogP contribution in [0.15, 0.2) is 0 Å². The third-order valence-corrected chi connectivity index (χ3v) is 2.71. The van der Waals surface area contributed by atoms with Crippen LogP contribution in [0.4, 0.5) is 4.79 Å². The van der Waals surface area contributed by atoms with Crippen molar-refractivity contribution in [1.82, 2.24) is 10.2 Å². The van der Waals surface area contributed by atoms with Gasteiger partial charge in [-0.2, -0.15) is 0 Å². The predicted octanol–water partition coefficient (Wildman–Crippen LogP) is -0.00963. The molecule has 0 atom stereocenters. The first-order valence-electron chi connectivity index (χ1n) is 5.38. The van der Waals surface area contributed by atoms with Crippen molar-refractivity contribution in [2.45, 2.75) is 13.8 Å². The Kier molecular flexibility index (Phi) is 4.12. The molecule has 1 rings (SSSR count). The molecule has 0 unspecified atom stereocenters. The molecule has 0 aromatic carbocycles. The molecule has 1 heterocycles. The fourth-order valence-electron chi connectivity index (χ4n) is 1.27. The summed E-state index contributed by atoms with van der Waals surface area (Å²) in [5.41, 5.74) is 4.94. The zero-order chi connectivity index (χ0) is 12.2. The molecule has 4 N–H and O–H groups in total. The highest BCUT2D eigenvalue weighted by Crippen LogP contribution is 2.12. The van der Waals surface area contributed by atoms with E-state index >= 15 is 0 Å². The summed E-state index contributed by atoms with van der Waals surface area (Å²) < 4.78 is 5.16. The molecule has 0 saturated carbocycles. The van der Waals surface area contributed by atoms with Crippen LogP contribution in [0, 0.1) is 10.8 Å². The Morgan fingerprint density at radius 2 is 2.06 bits per heavy atom. The number of morpholine rings is 1. The second kappa shape index (κ2) is 5.16. The van der Waals surface area contributed by atoms with Gasteiger partial charge < -0.3 is 20.7 Å². The zero-order valence-corrected chi connectivity index (χ0v) is 9.88. The number of rotatable bonds is 3. The van der Waals surface area contributed by atoms with E-state index in [1.807, 2.05) is 13.8 Å². The average Bonchev–Trinajstić information content (AvgIpc) is 2.27.